The molecule has 0 fully saturated rings. The number of hydrogen-bond donors (Lipinski definition) is 17. The minimum atomic E-state index is -2.23. The van der Waals surface area contributed by atoms with Gasteiger partial charge in [0.1, 0.15) is 54.1 Å². The van der Waals surface area contributed by atoms with Gasteiger partial charge >= 0.3 is 17.9 Å². The summed E-state index contributed by atoms with van der Waals surface area (Å²) in [6.07, 6.45) is -5.15. The van der Waals surface area contributed by atoms with Crippen LogP contribution >= 0.6 is 0 Å². The Kier molecular flexibility index (Phi) is 29.1. The number of hydrogen-bond acceptors (Lipinski definition) is 16. The zero-order valence-electron chi connectivity index (χ0n) is 46.3. The van der Waals surface area contributed by atoms with Crippen LogP contribution in [0.25, 0.3) is 0 Å². The van der Waals surface area contributed by atoms with Crippen molar-refractivity contribution in [3.63, 3.8) is 0 Å². The van der Waals surface area contributed by atoms with E-state index in [1.54, 1.807) is 44.2 Å². The van der Waals surface area contributed by atoms with Gasteiger partial charge in [0, 0.05) is 19.4 Å². The quantitative estimate of drug-likeness (QED) is 0.0172. The Bertz CT molecular complexity index is 2650. The van der Waals surface area contributed by atoms with Crippen molar-refractivity contribution in [1.29, 1.82) is 0 Å². The molecule has 0 heterocycles. The van der Waals surface area contributed by atoms with E-state index in [4.69, 9.17) is 28.7 Å². The van der Waals surface area contributed by atoms with Crippen molar-refractivity contribution in [1.82, 2.24) is 42.5 Å². The maximum Gasteiger partial charge on any atom is 0.326 e. The number of phenolic OH excluding ortho intramolecular Hbond substituents is 1. The minimum absolute atomic E-state index is 0.0333. The lowest BCUT2D eigenvalue weighted by Gasteiger charge is -2.28. The fourth-order valence-electron chi connectivity index (χ4n) is 7.93. The van der Waals surface area contributed by atoms with Gasteiger partial charge in [-0.2, -0.15) is 0 Å². The average molecular weight is 1170 g/mol. The monoisotopic (exact) mass is 1170 g/mol. The van der Waals surface area contributed by atoms with Gasteiger partial charge in [0.25, 0.3) is 0 Å². The number of aromatic hydroxyl groups is 1. The molecule has 2 rings (SSSR count). The molecule has 0 bridgehead atoms. The first-order chi connectivity index (χ1) is 38.9. The fraction of sp³-hybridized carbons (Fsp3) is 0.500. The Labute approximate surface area is 476 Å². The Morgan fingerprint density at radius 2 is 0.904 bits per heavy atom. The number of phenols is 1. The number of nitrogens with zero attached hydrogens (tertiary/aromatic N) is 1. The molecule has 0 aliphatic heterocycles. The topological polar surface area (TPSA) is 542 Å². The summed E-state index contributed by atoms with van der Waals surface area (Å²) in [5.41, 5.74) is 28.7. The van der Waals surface area contributed by atoms with Gasteiger partial charge in [-0.3, -0.25) is 62.5 Å². The number of carboxylic acid groups (broad SMARTS) is 3. The number of nitrogens with one attached hydrogen (secondary N) is 8. The van der Waals surface area contributed by atoms with E-state index in [2.05, 4.69) is 36.9 Å². The predicted molar refractivity (Wildman–Crippen MR) is 294 cm³/mol. The second-order valence-electron chi connectivity index (χ2n) is 20.1. The molecule has 0 unspecified atom stereocenters. The molecular weight excluding hydrogens is 1090 g/mol. The average Bonchev–Trinajstić information content (AvgIpc) is 3.38. The molecule has 83 heavy (non-hydrogen) atoms. The van der Waals surface area contributed by atoms with Crippen molar-refractivity contribution in [3.8, 4) is 5.75 Å². The summed E-state index contributed by atoms with van der Waals surface area (Å²) in [6.45, 7) is 6.45. The Morgan fingerprint density at radius 3 is 1.36 bits per heavy atom. The molecule has 2 aromatic carbocycles. The van der Waals surface area contributed by atoms with Gasteiger partial charge in [-0.05, 0) is 67.2 Å². The lowest BCUT2D eigenvalue weighted by molar-refractivity contribution is -0.144. The lowest BCUT2D eigenvalue weighted by atomic mass is 9.99. The number of primary amides is 2. The van der Waals surface area contributed by atoms with E-state index in [0.29, 0.717) is 5.56 Å². The summed E-state index contributed by atoms with van der Waals surface area (Å²) in [4.78, 5) is 175. The van der Waals surface area contributed by atoms with E-state index >= 15 is 0 Å². The molecule has 31 heteroatoms. The molecule has 0 aliphatic carbocycles. The Morgan fingerprint density at radius 1 is 0.482 bits per heavy atom. The van der Waals surface area contributed by atoms with Gasteiger partial charge in [0.15, 0.2) is 5.96 Å². The second-order valence-corrected chi connectivity index (χ2v) is 20.1. The first-order valence-electron chi connectivity index (χ1n) is 26.2. The van der Waals surface area contributed by atoms with Crippen LogP contribution in [0.1, 0.15) is 90.2 Å². The standard InChI is InChI=1S/C52H76N14O17/c1-25(2)19-33(61-43(74)30(53)20-27-9-6-5-7-10-27)46(77)62-34(21-28-12-14-29(67)15-13-28)47(78)64-37(24-41(72)73)50(81)65-36(23-40(70)71)49(80)63-35(22-39(55)69)48(79)60-32(16-17-38(54)68)44(75)59-31(11-8-18-58-52(56)57)45(76)66-42(26(3)4)51(82)83/h5-7,9-10,12-15,25-26,30-37,42,67H,8,11,16-24,53H2,1-4H3,(H2,54,68)(H2,55,69)(H,59,75)(H,60,79)(H,61,74)(H,62,77)(H,63,80)(H,64,78)(H,65,81)(H,66,76)(H,70,71)(H,72,73)(H,82,83)(H4,56,57,58)/t30-,31-,32-,33-,34-,35-,36-,37-,42-/m0/s1. The van der Waals surface area contributed by atoms with Gasteiger partial charge in [0.2, 0.25) is 59.1 Å². The number of aliphatic carboxylic acids is 3. The van der Waals surface area contributed by atoms with Gasteiger partial charge in [0.05, 0.1) is 25.3 Å². The second kappa shape index (κ2) is 34.7. The Hall–Kier alpha value is -9.42. The van der Waals surface area contributed by atoms with E-state index in [1.165, 1.54) is 38.1 Å². The number of rotatable bonds is 37. The third-order valence-electron chi connectivity index (χ3n) is 12.2. The summed E-state index contributed by atoms with van der Waals surface area (Å²) in [5, 5.41) is 57.6. The summed E-state index contributed by atoms with van der Waals surface area (Å²) in [5.74, 6) is -17.8. The van der Waals surface area contributed by atoms with Crippen LogP contribution < -0.4 is 71.2 Å². The molecule has 22 N–H and O–H groups in total. The molecule has 0 saturated heterocycles. The lowest BCUT2D eigenvalue weighted by Crippen LogP contribution is -2.61. The van der Waals surface area contributed by atoms with Crippen LogP contribution in [0.15, 0.2) is 59.6 Å². The van der Waals surface area contributed by atoms with Gasteiger partial charge < -0.3 is 91.6 Å². The number of amides is 10. The molecule has 0 radical (unpaired) electrons. The van der Waals surface area contributed by atoms with Crippen LogP contribution in [0.4, 0.5) is 0 Å². The normalized spacial score (nSPS) is 14.2. The predicted octanol–water partition coefficient (Wildman–Crippen LogP) is -4.69. The summed E-state index contributed by atoms with van der Waals surface area (Å²) < 4.78 is 0. The molecule has 0 saturated carbocycles. The first-order valence-corrected chi connectivity index (χ1v) is 26.2. The van der Waals surface area contributed by atoms with Crippen LogP contribution in [0.2, 0.25) is 0 Å². The highest BCUT2D eigenvalue weighted by Crippen LogP contribution is 2.15. The number of benzene rings is 2. The van der Waals surface area contributed by atoms with Crippen LogP contribution in [-0.4, -0.2) is 164 Å². The van der Waals surface area contributed by atoms with Crippen molar-refractivity contribution >= 4 is 82.9 Å². The van der Waals surface area contributed by atoms with Gasteiger partial charge in [-0.25, -0.2) is 4.79 Å². The highest BCUT2D eigenvalue weighted by Gasteiger charge is 2.37. The third kappa shape index (κ3) is 26.6. The number of carbonyl (C=O) groups excluding carboxylic acids is 10. The maximum absolute atomic E-state index is 14.2. The molecule has 10 amide bonds. The Balaban J connectivity index is 2.49. The summed E-state index contributed by atoms with van der Waals surface area (Å²) in [7, 11) is 0. The van der Waals surface area contributed by atoms with Crippen LogP contribution in [0, 0.1) is 11.8 Å². The maximum atomic E-state index is 14.2. The zero-order chi connectivity index (χ0) is 62.7. The first kappa shape index (κ1) is 69.7. The number of carbonyl (C=O) groups is 13. The van der Waals surface area contributed by atoms with E-state index in [0.717, 1.165) is 5.56 Å². The van der Waals surface area contributed by atoms with Crippen LogP contribution in [0.5, 0.6) is 5.75 Å². The molecule has 2 aromatic rings. The number of nitrogens with two attached hydrogens (primary N) is 5. The zero-order valence-corrected chi connectivity index (χ0v) is 46.3. The number of aliphatic imine (C=N–C) groups is 1. The van der Waals surface area contributed by atoms with Crippen molar-refractivity contribution in [2.75, 3.05) is 6.54 Å². The van der Waals surface area contributed by atoms with Gasteiger partial charge in [-0.15, -0.1) is 0 Å². The van der Waals surface area contributed by atoms with E-state index in [9.17, 15) is 82.8 Å². The third-order valence-corrected chi connectivity index (χ3v) is 12.2. The van der Waals surface area contributed by atoms with Gasteiger partial charge in [-0.1, -0.05) is 70.2 Å². The molecule has 9 atom stereocenters. The molecule has 456 valence electrons. The molecule has 0 aromatic heterocycles. The molecule has 31 nitrogen and oxygen atoms in total. The van der Waals surface area contributed by atoms with Crippen molar-refractivity contribution in [3.05, 3.63) is 65.7 Å². The van der Waals surface area contributed by atoms with Crippen molar-refractivity contribution in [2.45, 2.75) is 146 Å². The van der Waals surface area contributed by atoms with E-state index in [-0.39, 0.29) is 56.3 Å². The SMILES string of the molecule is CC(C)C[C@H](NC(=O)[C@@H](N)Cc1ccccc1)C(=O)N[C@@H](Cc1ccc(O)cc1)C(=O)N[C@@H](CC(=O)O)C(=O)N[C@@H](CC(=O)O)C(=O)N[C@@H](CC(N)=O)C(=O)N[C@@H](CCC(N)=O)C(=O)N[C@@H](CCCN=C(N)N)C(=O)N[C@H](C(=O)O)C(C)C. The van der Waals surface area contributed by atoms with Crippen molar-refractivity contribution in [2.24, 2.45) is 45.5 Å². The summed E-state index contributed by atoms with van der Waals surface area (Å²) >= 11 is 0. The molecular formula is C52H76N14O17. The van der Waals surface area contributed by atoms with E-state index < -0.39 is 169 Å². The number of carboxylic acids is 3. The molecule has 0 spiro atoms. The van der Waals surface area contributed by atoms with Crippen LogP contribution in [-0.2, 0) is 75.2 Å². The smallest absolute Gasteiger partial charge is 0.326 e. The highest BCUT2D eigenvalue weighted by atomic mass is 16.4. The van der Waals surface area contributed by atoms with E-state index in [1.807, 2.05) is 10.6 Å². The van der Waals surface area contributed by atoms with Crippen molar-refractivity contribution < 1.29 is 82.8 Å². The largest absolute Gasteiger partial charge is 0.508 e. The highest BCUT2D eigenvalue weighted by molar-refractivity contribution is 6.00. The van der Waals surface area contributed by atoms with Crippen LogP contribution in [0.3, 0.4) is 0 Å². The number of guanidine groups is 1. The summed E-state index contributed by atoms with van der Waals surface area (Å²) in [6, 6.07) is -1.20. The fourth-order valence-corrected chi connectivity index (χ4v) is 7.93. The minimum Gasteiger partial charge on any atom is -0.508 e. The molecule has 0 aliphatic rings.